The lowest BCUT2D eigenvalue weighted by Crippen LogP contribution is -2.33. The Kier molecular flexibility index (Phi) is 6.30. The standard InChI is InChI=1S/C16H21F3N2O3/c1-2-9-23-11-12-7-8-21(10-12)15(22)20-13-5-3-4-6-14(13)24-16(17,18)19/h3-6,12H,2,7-11H2,1H3,(H,20,22). The van der Waals surface area contributed by atoms with Gasteiger partial charge in [-0.05, 0) is 25.0 Å². The smallest absolute Gasteiger partial charge is 0.404 e. The molecule has 1 aliphatic rings. The molecule has 0 aromatic heterocycles. The van der Waals surface area contributed by atoms with Crippen molar-refractivity contribution in [2.75, 3.05) is 31.6 Å². The van der Waals surface area contributed by atoms with E-state index in [1.807, 2.05) is 6.92 Å². The Balaban J connectivity index is 1.91. The Hall–Kier alpha value is -1.96. The third-order valence-corrected chi connectivity index (χ3v) is 3.63. The normalized spacial score (nSPS) is 17.8. The van der Waals surface area contributed by atoms with Gasteiger partial charge in [0.05, 0.1) is 12.3 Å². The number of nitrogens with one attached hydrogen (secondary N) is 1. The van der Waals surface area contributed by atoms with Crippen LogP contribution < -0.4 is 10.1 Å². The Morgan fingerprint density at radius 1 is 1.38 bits per heavy atom. The van der Waals surface area contributed by atoms with E-state index in [4.69, 9.17) is 4.74 Å². The lowest BCUT2D eigenvalue weighted by molar-refractivity contribution is -0.274. The number of halogens is 3. The first kappa shape index (κ1) is 18.4. The number of nitrogens with zero attached hydrogens (tertiary/aromatic N) is 1. The minimum absolute atomic E-state index is 0.00879. The van der Waals surface area contributed by atoms with E-state index < -0.39 is 18.1 Å². The van der Waals surface area contributed by atoms with E-state index in [-0.39, 0.29) is 11.6 Å². The Morgan fingerprint density at radius 2 is 2.12 bits per heavy atom. The molecule has 0 spiro atoms. The number of hydrogen-bond donors (Lipinski definition) is 1. The van der Waals surface area contributed by atoms with Crippen LogP contribution >= 0.6 is 0 Å². The Morgan fingerprint density at radius 3 is 2.83 bits per heavy atom. The number of carbonyl (C=O) groups excluding carboxylic acids is 1. The number of alkyl halides is 3. The molecule has 1 aliphatic heterocycles. The molecule has 2 rings (SSSR count). The predicted molar refractivity (Wildman–Crippen MR) is 82.9 cm³/mol. The molecule has 0 aliphatic carbocycles. The van der Waals surface area contributed by atoms with Crippen LogP contribution in [0.15, 0.2) is 24.3 Å². The summed E-state index contributed by atoms with van der Waals surface area (Å²) < 4.78 is 46.6. The summed E-state index contributed by atoms with van der Waals surface area (Å²) in [5.41, 5.74) is -0.00879. The van der Waals surface area contributed by atoms with Gasteiger partial charge >= 0.3 is 12.4 Å². The summed E-state index contributed by atoms with van der Waals surface area (Å²) in [7, 11) is 0. The van der Waals surface area contributed by atoms with Crippen molar-refractivity contribution in [2.45, 2.75) is 26.1 Å². The zero-order valence-corrected chi connectivity index (χ0v) is 13.4. The van der Waals surface area contributed by atoms with Crippen molar-refractivity contribution in [3.05, 3.63) is 24.3 Å². The van der Waals surface area contributed by atoms with Crippen LogP contribution in [0.2, 0.25) is 0 Å². The van der Waals surface area contributed by atoms with Crippen LogP contribution in [0.1, 0.15) is 19.8 Å². The molecule has 1 saturated heterocycles. The molecular formula is C16H21F3N2O3. The Bertz CT molecular complexity index is 552. The topological polar surface area (TPSA) is 50.8 Å². The number of anilines is 1. The molecule has 1 atom stereocenters. The van der Waals surface area contributed by atoms with E-state index in [9.17, 15) is 18.0 Å². The minimum atomic E-state index is -4.81. The van der Waals surface area contributed by atoms with Gasteiger partial charge in [-0.1, -0.05) is 19.1 Å². The summed E-state index contributed by atoms with van der Waals surface area (Å²) in [5, 5.41) is 2.48. The van der Waals surface area contributed by atoms with Crippen LogP contribution in [0.3, 0.4) is 0 Å². The average molecular weight is 346 g/mol. The highest BCUT2D eigenvalue weighted by molar-refractivity contribution is 5.91. The van der Waals surface area contributed by atoms with E-state index in [0.717, 1.165) is 18.9 Å². The first-order valence-corrected chi connectivity index (χ1v) is 7.87. The van der Waals surface area contributed by atoms with Gasteiger partial charge < -0.3 is 19.7 Å². The predicted octanol–water partition coefficient (Wildman–Crippen LogP) is 3.87. The fourth-order valence-electron chi connectivity index (χ4n) is 2.53. The van der Waals surface area contributed by atoms with E-state index >= 15 is 0 Å². The number of ether oxygens (including phenoxy) is 2. The van der Waals surface area contributed by atoms with E-state index in [0.29, 0.717) is 26.3 Å². The first-order chi connectivity index (χ1) is 11.4. The SMILES string of the molecule is CCCOCC1CCN(C(=O)Nc2ccccc2OC(F)(F)F)C1. The van der Waals surface area contributed by atoms with Crippen LogP contribution in [0.4, 0.5) is 23.7 Å². The lowest BCUT2D eigenvalue weighted by Gasteiger charge is -2.19. The summed E-state index contributed by atoms with van der Waals surface area (Å²) >= 11 is 0. The second-order valence-electron chi connectivity index (χ2n) is 5.65. The van der Waals surface area contributed by atoms with Crippen molar-refractivity contribution in [3.8, 4) is 5.75 Å². The van der Waals surface area contributed by atoms with Gasteiger partial charge in [-0.2, -0.15) is 0 Å². The molecule has 134 valence electrons. The van der Waals surface area contributed by atoms with Crippen molar-refractivity contribution >= 4 is 11.7 Å². The summed E-state index contributed by atoms with van der Waals surface area (Å²) in [6.45, 7) is 4.37. The van der Waals surface area contributed by atoms with Crippen LogP contribution in [0.25, 0.3) is 0 Å². The van der Waals surface area contributed by atoms with Crippen LogP contribution in [-0.2, 0) is 4.74 Å². The number of para-hydroxylation sites is 2. The van der Waals surface area contributed by atoms with Gasteiger partial charge in [0.1, 0.15) is 0 Å². The van der Waals surface area contributed by atoms with Crippen molar-refractivity contribution in [1.29, 1.82) is 0 Å². The quantitative estimate of drug-likeness (QED) is 0.796. The van der Waals surface area contributed by atoms with Crippen LogP contribution in [0, 0.1) is 5.92 Å². The number of benzene rings is 1. The molecule has 0 saturated carbocycles. The molecule has 5 nitrogen and oxygen atoms in total. The third-order valence-electron chi connectivity index (χ3n) is 3.63. The second-order valence-corrected chi connectivity index (χ2v) is 5.65. The van der Waals surface area contributed by atoms with Crippen molar-refractivity contribution in [1.82, 2.24) is 4.90 Å². The fraction of sp³-hybridized carbons (Fsp3) is 0.562. The second kappa shape index (κ2) is 8.23. The molecule has 1 aromatic rings. The highest BCUT2D eigenvalue weighted by atomic mass is 19.4. The van der Waals surface area contributed by atoms with Gasteiger partial charge in [0, 0.05) is 25.6 Å². The van der Waals surface area contributed by atoms with Crippen molar-refractivity contribution < 1.29 is 27.4 Å². The maximum Gasteiger partial charge on any atom is 0.573 e. The summed E-state index contributed by atoms with van der Waals surface area (Å²) in [5.74, 6) is -0.177. The van der Waals surface area contributed by atoms with E-state index in [2.05, 4.69) is 10.1 Å². The van der Waals surface area contributed by atoms with Gasteiger partial charge in [0.15, 0.2) is 5.75 Å². The fourth-order valence-corrected chi connectivity index (χ4v) is 2.53. The lowest BCUT2D eigenvalue weighted by atomic mass is 10.1. The molecule has 1 N–H and O–H groups in total. The molecule has 1 fully saturated rings. The number of amides is 2. The molecule has 1 heterocycles. The molecule has 24 heavy (non-hydrogen) atoms. The largest absolute Gasteiger partial charge is 0.573 e. The van der Waals surface area contributed by atoms with Gasteiger partial charge in [-0.3, -0.25) is 0 Å². The van der Waals surface area contributed by atoms with Gasteiger partial charge in [0.2, 0.25) is 0 Å². The van der Waals surface area contributed by atoms with Gasteiger partial charge in [0.25, 0.3) is 0 Å². The number of likely N-dealkylation sites (tertiary alicyclic amines) is 1. The molecule has 0 bridgehead atoms. The van der Waals surface area contributed by atoms with Crippen molar-refractivity contribution in [2.24, 2.45) is 5.92 Å². The number of carbonyl (C=O) groups is 1. The number of urea groups is 1. The van der Waals surface area contributed by atoms with Crippen LogP contribution in [0.5, 0.6) is 5.75 Å². The molecule has 1 unspecified atom stereocenters. The van der Waals surface area contributed by atoms with Crippen molar-refractivity contribution in [3.63, 3.8) is 0 Å². The van der Waals surface area contributed by atoms with E-state index in [1.54, 1.807) is 4.90 Å². The van der Waals surface area contributed by atoms with E-state index in [1.165, 1.54) is 18.2 Å². The molecular weight excluding hydrogens is 325 g/mol. The molecule has 8 heteroatoms. The van der Waals surface area contributed by atoms with Gasteiger partial charge in [-0.15, -0.1) is 13.2 Å². The zero-order valence-electron chi connectivity index (χ0n) is 13.4. The summed E-state index contributed by atoms with van der Waals surface area (Å²) in [4.78, 5) is 13.8. The maximum atomic E-state index is 12.4. The summed E-state index contributed by atoms with van der Waals surface area (Å²) in [6.07, 6.45) is -3.05. The van der Waals surface area contributed by atoms with Crippen LogP contribution in [-0.4, -0.2) is 43.6 Å². The molecule has 0 radical (unpaired) electrons. The summed E-state index contributed by atoms with van der Waals surface area (Å²) in [6, 6.07) is 5.04. The third kappa shape index (κ3) is 5.59. The molecule has 1 aromatic carbocycles. The maximum absolute atomic E-state index is 12.4. The van der Waals surface area contributed by atoms with Gasteiger partial charge in [-0.25, -0.2) is 4.79 Å². The Labute approximate surface area is 138 Å². The highest BCUT2D eigenvalue weighted by Gasteiger charge is 2.33. The highest BCUT2D eigenvalue weighted by Crippen LogP contribution is 2.30. The average Bonchev–Trinajstić information content (AvgIpc) is 2.97. The monoisotopic (exact) mass is 346 g/mol. The zero-order chi connectivity index (χ0) is 17.6. The number of hydrogen-bond acceptors (Lipinski definition) is 3. The first-order valence-electron chi connectivity index (χ1n) is 7.87. The molecule has 2 amide bonds. The number of rotatable bonds is 6. The minimum Gasteiger partial charge on any atom is -0.404 e.